The molecule has 0 unspecified atom stereocenters. The largest absolute Gasteiger partial charge is 0.507 e. The number of carbonyl (C=O) groups is 1. The number of benzene rings is 2. The molecule has 0 radical (unpaired) electrons. The van der Waals surface area contributed by atoms with E-state index in [2.05, 4.69) is 10.3 Å². The lowest BCUT2D eigenvalue weighted by atomic mass is 9.95. The highest BCUT2D eigenvalue weighted by Crippen LogP contribution is 2.45. The molecule has 4 aromatic rings. The predicted molar refractivity (Wildman–Crippen MR) is 163 cm³/mol. The van der Waals surface area contributed by atoms with E-state index in [-0.39, 0.29) is 53.4 Å². The summed E-state index contributed by atoms with van der Waals surface area (Å²) in [4.78, 5) is 35.1. The van der Waals surface area contributed by atoms with Crippen LogP contribution in [0, 0.1) is 24.4 Å². The maximum absolute atomic E-state index is 17.1. The number of carbonyl (C=O) groups excluding carboxylic acids is 1. The van der Waals surface area contributed by atoms with Crippen molar-refractivity contribution in [1.82, 2.24) is 14.9 Å². The van der Waals surface area contributed by atoms with Gasteiger partial charge in [0.15, 0.2) is 5.82 Å². The first-order valence-electron chi connectivity index (χ1n) is 14.5. The number of nitrogens with one attached hydrogen (secondary N) is 1. The molecule has 0 bridgehead atoms. The van der Waals surface area contributed by atoms with Crippen LogP contribution in [0.15, 0.2) is 41.3 Å². The molecule has 230 valence electrons. The van der Waals surface area contributed by atoms with Gasteiger partial charge in [0.05, 0.1) is 46.3 Å². The van der Waals surface area contributed by atoms with Crippen molar-refractivity contribution in [2.24, 2.45) is 5.73 Å². The summed E-state index contributed by atoms with van der Waals surface area (Å²) in [5.74, 6) is -4.90. The standard InChI is InChI=1S/C32H33F3N6O3/c1-15(2)27-28(16(3)8-9-37-27)41-29-19(10-21(34)25(26(29)35)24-20(33)6-5-7-22(24)42)30-31(32(41)44)39(14-23(36)43)13-18-11-38-17(4)12-40(18)30/h5-10,15,17-18,38,42H,11-14H2,1-4H3,(H2,36,43)/t17-,18-/m1/s1. The fourth-order valence-corrected chi connectivity index (χ4v) is 6.58. The van der Waals surface area contributed by atoms with E-state index in [0.717, 1.165) is 22.8 Å². The second-order valence-corrected chi connectivity index (χ2v) is 11.9. The molecule has 2 aliphatic heterocycles. The van der Waals surface area contributed by atoms with E-state index in [0.29, 0.717) is 30.0 Å². The minimum absolute atomic E-state index is 0.0169. The van der Waals surface area contributed by atoms with E-state index in [9.17, 15) is 14.7 Å². The van der Waals surface area contributed by atoms with Crippen LogP contribution in [0.4, 0.5) is 24.5 Å². The first-order chi connectivity index (χ1) is 20.9. The molecule has 6 rings (SSSR count). The average molecular weight is 607 g/mol. The van der Waals surface area contributed by atoms with Gasteiger partial charge in [-0.3, -0.25) is 19.1 Å². The number of aromatic nitrogens is 2. The normalized spacial score (nSPS) is 18.1. The van der Waals surface area contributed by atoms with Crippen molar-refractivity contribution in [3.05, 3.63) is 75.6 Å². The van der Waals surface area contributed by atoms with Gasteiger partial charge in [0.1, 0.15) is 23.1 Å². The number of phenolic OH excluding ortho intramolecular Hbond substituents is 1. The number of fused-ring (bicyclic) bond motifs is 5. The summed E-state index contributed by atoms with van der Waals surface area (Å²) in [6.45, 7) is 8.36. The van der Waals surface area contributed by atoms with Gasteiger partial charge in [-0.1, -0.05) is 19.9 Å². The monoisotopic (exact) mass is 606 g/mol. The third kappa shape index (κ3) is 4.55. The van der Waals surface area contributed by atoms with Crippen LogP contribution in [-0.4, -0.2) is 58.8 Å². The molecule has 12 heteroatoms. The number of nitrogens with two attached hydrogens (primary N) is 1. The molecule has 0 saturated carbocycles. The number of pyridine rings is 2. The van der Waals surface area contributed by atoms with Crippen LogP contribution in [0.1, 0.15) is 37.9 Å². The molecule has 1 fully saturated rings. The van der Waals surface area contributed by atoms with Gasteiger partial charge in [0.2, 0.25) is 5.91 Å². The first-order valence-corrected chi connectivity index (χ1v) is 14.5. The summed E-state index contributed by atoms with van der Waals surface area (Å²) >= 11 is 0. The molecule has 44 heavy (non-hydrogen) atoms. The molecular formula is C32H33F3N6O3. The lowest BCUT2D eigenvalue weighted by Gasteiger charge is -2.48. The van der Waals surface area contributed by atoms with E-state index >= 15 is 13.2 Å². The van der Waals surface area contributed by atoms with Gasteiger partial charge in [-0.2, -0.15) is 0 Å². The Kier molecular flexibility index (Phi) is 7.27. The minimum atomic E-state index is -1.22. The Hall–Kier alpha value is -4.58. The first kappa shape index (κ1) is 29.5. The number of rotatable bonds is 5. The van der Waals surface area contributed by atoms with Gasteiger partial charge >= 0.3 is 0 Å². The number of nitrogens with zero attached hydrogens (tertiary/aromatic N) is 4. The Morgan fingerprint density at radius 3 is 2.55 bits per heavy atom. The van der Waals surface area contributed by atoms with E-state index in [1.165, 1.54) is 6.07 Å². The molecular weight excluding hydrogens is 573 g/mol. The highest BCUT2D eigenvalue weighted by molar-refractivity contribution is 6.03. The summed E-state index contributed by atoms with van der Waals surface area (Å²) in [5, 5.41) is 14.0. The zero-order valence-electron chi connectivity index (χ0n) is 24.8. The van der Waals surface area contributed by atoms with Crippen LogP contribution in [0.3, 0.4) is 0 Å². The maximum Gasteiger partial charge on any atom is 0.281 e. The second-order valence-electron chi connectivity index (χ2n) is 11.9. The Labute approximate surface area is 251 Å². The van der Waals surface area contributed by atoms with Crippen molar-refractivity contribution < 1.29 is 23.1 Å². The van der Waals surface area contributed by atoms with Gasteiger partial charge in [0.25, 0.3) is 5.56 Å². The number of hydrogen-bond acceptors (Lipinski definition) is 7. The number of phenols is 1. The van der Waals surface area contributed by atoms with Gasteiger partial charge in [0, 0.05) is 37.3 Å². The zero-order valence-corrected chi connectivity index (χ0v) is 24.8. The maximum atomic E-state index is 17.1. The van der Waals surface area contributed by atoms with Gasteiger partial charge in [-0.05, 0) is 49.6 Å². The van der Waals surface area contributed by atoms with Crippen LogP contribution in [0.5, 0.6) is 5.75 Å². The summed E-state index contributed by atoms with van der Waals surface area (Å²) in [5.41, 5.74) is 4.93. The van der Waals surface area contributed by atoms with Crippen LogP contribution in [-0.2, 0) is 4.79 Å². The van der Waals surface area contributed by atoms with Crippen molar-refractivity contribution in [3.8, 4) is 22.6 Å². The van der Waals surface area contributed by atoms with Crippen LogP contribution in [0.2, 0.25) is 0 Å². The third-order valence-corrected chi connectivity index (χ3v) is 8.46. The smallest absolute Gasteiger partial charge is 0.281 e. The minimum Gasteiger partial charge on any atom is -0.507 e. The number of amides is 1. The summed E-state index contributed by atoms with van der Waals surface area (Å²) in [7, 11) is 0. The lowest BCUT2D eigenvalue weighted by Crippen LogP contribution is -2.63. The van der Waals surface area contributed by atoms with E-state index in [4.69, 9.17) is 5.73 Å². The zero-order chi connectivity index (χ0) is 31.6. The molecule has 1 amide bonds. The molecule has 2 atom stereocenters. The topological polar surface area (TPSA) is 117 Å². The fraction of sp³-hybridized carbons (Fsp3) is 0.344. The van der Waals surface area contributed by atoms with Gasteiger partial charge < -0.3 is 26.0 Å². The molecule has 4 heterocycles. The van der Waals surface area contributed by atoms with Gasteiger partial charge in [-0.25, -0.2) is 13.2 Å². The number of anilines is 2. The van der Waals surface area contributed by atoms with Gasteiger partial charge in [-0.15, -0.1) is 0 Å². The van der Waals surface area contributed by atoms with E-state index in [1.54, 1.807) is 24.1 Å². The Morgan fingerprint density at radius 2 is 1.86 bits per heavy atom. The molecule has 1 saturated heterocycles. The second kappa shape index (κ2) is 10.8. The van der Waals surface area contributed by atoms with Crippen molar-refractivity contribution in [2.45, 2.75) is 45.7 Å². The Bertz CT molecular complexity index is 1870. The molecule has 2 aliphatic rings. The highest BCUT2D eigenvalue weighted by Gasteiger charge is 2.40. The van der Waals surface area contributed by atoms with Crippen LogP contribution in [0.25, 0.3) is 27.7 Å². The van der Waals surface area contributed by atoms with Crippen LogP contribution < -0.4 is 26.4 Å². The Balaban J connectivity index is 1.85. The SMILES string of the molecule is Cc1ccnc(C(C)C)c1-n1c(=O)c2c(c3cc(F)c(-c4c(O)cccc4F)c(F)c31)N1C[C@@H](C)NC[C@@H]1CN2CC(N)=O. The lowest BCUT2D eigenvalue weighted by molar-refractivity contribution is -0.116. The molecule has 0 spiro atoms. The van der Waals surface area contributed by atoms with Crippen molar-refractivity contribution in [1.29, 1.82) is 0 Å². The molecule has 2 aromatic heterocycles. The highest BCUT2D eigenvalue weighted by atomic mass is 19.1. The molecule has 0 aliphatic carbocycles. The number of aryl methyl sites for hydroxylation is 1. The van der Waals surface area contributed by atoms with Crippen molar-refractivity contribution in [3.63, 3.8) is 0 Å². The summed E-state index contributed by atoms with van der Waals surface area (Å²) < 4.78 is 49.6. The predicted octanol–water partition coefficient (Wildman–Crippen LogP) is 4.08. The molecule has 9 nitrogen and oxygen atoms in total. The molecule has 4 N–H and O–H groups in total. The number of primary amides is 1. The average Bonchev–Trinajstić information content (AvgIpc) is 2.95. The third-order valence-electron chi connectivity index (χ3n) is 8.46. The fourth-order valence-electron chi connectivity index (χ4n) is 6.58. The van der Waals surface area contributed by atoms with Crippen molar-refractivity contribution in [2.75, 3.05) is 36.0 Å². The molecule has 2 aromatic carbocycles. The van der Waals surface area contributed by atoms with Crippen molar-refractivity contribution >= 4 is 28.2 Å². The van der Waals surface area contributed by atoms with E-state index in [1.807, 2.05) is 25.7 Å². The number of aromatic hydroxyl groups is 1. The van der Waals surface area contributed by atoms with E-state index < -0.39 is 45.8 Å². The number of halogens is 3. The van der Waals surface area contributed by atoms with Crippen LogP contribution >= 0.6 is 0 Å². The summed E-state index contributed by atoms with van der Waals surface area (Å²) in [6, 6.07) is 5.85. The summed E-state index contributed by atoms with van der Waals surface area (Å²) in [6.07, 6.45) is 1.59. The number of piperazine rings is 1. The quantitative estimate of drug-likeness (QED) is 0.314. The Morgan fingerprint density at radius 1 is 1.11 bits per heavy atom. The number of hydrogen-bond donors (Lipinski definition) is 3.